The van der Waals surface area contributed by atoms with Gasteiger partial charge in [0.15, 0.2) is 0 Å². The predicted octanol–water partition coefficient (Wildman–Crippen LogP) is 2.19. The van der Waals surface area contributed by atoms with Crippen molar-refractivity contribution in [2.24, 2.45) is 0 Å². The summed E-state index contributed by atoms with van der Waals surface area (Å²) < 4.78 is 0. The topological polar surface area (TPSA) is 46.2 Å². The maximum absolute atomic E-state index is 11.8. The molecule has 0 fully saturated rings. The Balaban J connectivity index is 1.95. The van der Waals surface area contributed by atoms with Crippen molar-refractivity contribution in [1.82, 2.24) is 5.32 Å². The molecule has 0 bridgehead atoms. The third-order valence-corrected chi connectivity index (χ3v) is 2.54. The van der Waals surface area contributed by atoms with Crippen LogP contribution in [0, 0.1) is 0 Å². The van der Waals surface area contributed by atoms with E-state index in [1.165, 1.54) is 0 Å². The van der Waals surface area contributed by atoms with Crippen molar-refractivity contribution in [2.75, 3.05) is 0 Å². The second-order valence-electron chi connectivity index (χ2n) is 3.86. The van der Waals surface area contributed by atoms with Crippen LogP contribution in [0.15, 0.2) is 60.7 Å². The van der Waals surface area contributed by atoms with Crippen LogP contribution in [-0.4, -0.2) is 11.7 Å². The molecule has 0 heterocycles. The predicted molar refractivity (Wildman–Crippen MR) is 69.1 cm³/mol. The minimum atomic E-state index is -0.579. The third kappa shape index (κ3) is 3.04. The quantitative estimate of drug-likeness (QED) is 0.656. The van der Waals surface area contributed by atoms with Crippen molar-refractivity contribution < 1.29 is 9.59 Å². The van der Waals surface area contributed by atoms with Crippen LogP contribution in [0.5, 0.6) is 0 Å². The molecule has 0 spiro atoms. The Morgan fingerprint density at radius 3 is 2.00 bits per heavy atom. The molecule has 90 valence electrons. The SMILES string of the molecule is O=C(NCc1ccccc1)C(=O)c1ccccc1. The largest absolute Gasteiger partial charge is 0.345 e. The zero-order valence-electron chi connectivity index (χ0n) is 9.80. The average Bonchev–Trinajstić information content (AvgIpc) is 2.46. The highest BCUT2D eigenvalue weighted by Gasteiger charge is 2.14. The van der Waals surface area contributed by atoms with Gasteiger partial charge < -0.3 is 5.32 Å². The van der Waals surface area contributed by atoms with Crippen LogP contribution in [0.4, 0.5) is 0 Å². The highest BCUT2D eigenvalue weighted by molar-refractivity contribution is 6.42. The van der Waals surface area contributed by atoms with E-state index in [0.29, 0.717) is 12.1 Å². The summed E-state index contributed by atoms with van der Waals surface area (Å²) in [5.74, 6) is -1.09. The molecule has 0 aliphatic heterocycles. The minimum Gasteiger partial charge on any atom is -0.345 e. The molecule has 18 heavy (non-hydrogen) atoms. The van der Waals surface area contributed by atoms with Gasteiger partial charge in [-0.15, -0.1) is 0 Å². The average molecular weight is 239 g/mol. The summed E-state index contributed by atoms with van der Waals surface area (Å²) in [5, 5.41) is 2.61. The summed E-state index contributed by atoms with van der Waals surface area (Å²) in [5.41, 5.74) is 1.37. The van der Waals surface area contributed by atoms with Gasteiger partial charge in [0.1, 0.15) is 0 Å². The Labute approximate surface area is 105 Å². The molecular weight excluding hydrogens is 226 g/mol. The lowest BCUT2D eigenvalue weighted by Gasteiger charge is -2.04. The van der Waals surface area contributed by atoms with Crippen LogP contribution in [0.1, 0.15) is 15.9 Å². The number of hydrogen-bond acceptors (Lipinski definition) is 2. The Morgan fingerprint density at radius 2 is 1.39 bits per heavy atom. The van der Waals surface area contributed by atoms with E-state index >= 15 is 0 Å². The Morgan fingerprint density at radius 1 is 0.833 bits per heavy atom. The molecule has 3 nitrogen and oxygen atoms in total. The molecule has 3 heteroatoms. The number of carbonyl (C=O) groups is 2. The van der Waals surface area contributed by atoms with Crippen LogP contribution < -0.4 is 5.32 Å². The number of amides is 1. The van der Waals surface area contributed by atoms with E-state index in [9.17, 15) is 9.59 Å². The molecule has 0 aromatic heterocycles. The number of nitrogens with one attached hydrogen (secondary N) is 1. The maximum Gasteiger partial charge on any atom is 0.292 e. The van der Waals surface area contributed by atoms with Crippen LogP contribution in [0.3, 0.4) is 0 Å². The van der Waals surface area contributed by atoms with E-state index in [1.807, 2.05) is 30.3 Å². The zero-order valence-corrected chi connectivity index (χ0v) is 9.80. The second-order valence-corrected chi connectivity index (χ2v) is 3.86. The third-order valence-electron chi connectivity index (χ3n) is 2.54. The van der Waals surface area contributed by atoms with Gasteiger partial charge in [0, 0.05) is 12.1 Å². The first-order valence-corrected chi connectivity index (χ1v) is 5.69. The standard InChI is InChI=1S/C15H13NO2/c17-14(13-9-5-2-6-10-13)15(18)16-11-12-7-3-1-4-8-12/h1-10H,11H2,(H,16,18). The summed E-state index contributed by atoms with van der Waals surface area (Å²) in [6.07, 6.45) is 0. The highest BCUT2D eigenvalue weighted by Crippen LogP contribution is 2.01. The van der Waals surface area contributed by atoms with E-state index in [-0.39, 0.29) is 0 Å². The molecule has 1 N–H and O–H groups in total. The molecule has 0 radical (unpaired) electrons. The van der Waals surface area contributed by atoms with Crippen molar-refractivity contribution in [3.05, 3.63) is 71.8 Å². The van der Waals surface area contributed by atoms with E-state index < -0.39 is 11.7 Å². The minimum absolute atomic E-state index is 0.359. The lowest BCUT2D eigenvalue weighted by atomic mass is 10.1. The lowest BCUT2D eigenvalue weighted by Crippen LogP contribution is -2.30. The molecule has 1 amide bonds. The molecule has 0 aliphatic carbocycles. The summed E-state index contributed by atoms with van der Waals surface area (Å²) in [4.78, 5) is 23.4. The van der Waals surface area contributed by atoms with Crippen molar-refractivity contribution >= 4 is 11.7 Å². The fourth-order valence-electron chi connectivity index (χ4n) is 1.58. The van der Waals surface area contributed by atoms with E-state index in [2.05, 4.69) is 5.32 Å². The van der Waals surface area contributed by atoms with Gasteiger partial charge in [-0.2, -0.15) is 0 Å². The van der Waals surface area contributed by atoms with Crippen molar-refractivity contribution in [3.8, 4) is 0 Å². The number of hydrogen-bond donors (Lipinski definition) is 1. The first kappa shape index (κ1) is 12.0. The van der Waals surface area contributed by atoms with Gasteiger partial charge in [0.2, 0.25) is 5.78 Å². The lowest BCUT2D eigenvalue weighted by molar-refractivity contribution is -0.117. The van der Waals surface area contributed by atoms with Gasteiger partial charge in [0.05, 0.1) is 0 Å². The smallest absolute Gasteiger partial charge is 0.292 e. The van der Waals surface area contributed by atoms with Gasteiger partial charge in [-0.3, -0.25) is 9.59 Å². The summed E-state index contributed by atoms with van der Waals surface area (Å²) in [7, 11) is 0. The Kier molecular flexibility index (Phi) is 3.86. The number of Topliss-reactive ketones (excluding diaryl/α,β-unsaturated/α-hetero) is 1. The molecule has 2 aromatic rings. The van der Waals surface area contributed by atoms with Crippen LogP contribution in [-0.2, 0) is 11.3 Å². The van der Waals surface area contributed by atoms with E-state index in [4.69, 9.17) is 0 Å². The monoisotopic (exact) mass is 239 g/mol. The summed E-state index contributed by atoms with van der Waals surface area (Å²) in [6.45, 7) is 0.359. The van der Waals surface area contributed by atoms with Gasteiger partial charge >= 0.3 is 0 Å². The van der Waals surface area contributed by atoms with Crippen LogP contribution >= 0.6 is 0 Å². The molecule has 0 atom stereocenters. The van der Waals surface area contributed by atoms with Crippen molar-refractivity contribution in [3.63, 3.8) is 0 Å². The van der Waals surface area contributed by atoms with Gasteiger partial charge in [-0.05, 0) is 5.56 Å². The van der Waals surface area contributed by atoms with E-state index in [1.54, 1.807) is 30.3 Å². The number of rotatable bonds is 4. The van der Waals surface area contributed by atoms with Crippen molar-refractivity contribution in [2.45, 2.75) is 6.54 Å². The first-order chi connectivity index (χ1) is 8.77. The summed E-state index contributed by atoms with van der Waals surface area (Å²) >= 11 is 0. The Bertz CT molecular complexity index is 535. The van der Waals surface area contributed by atoms with Gasteiger partial charge in [-0.1, -0.05) is 60.7 Å². The normalized spacial score (nSPS) is 9.78. The summed E-state index contributed by atoms with van der Waals surface area (Å²) in [6, 6.07) is 18.0. The van der Waals surface area contributed by atoms with Crippen LogP contribution in [0.25, 0.3) is 0 Å². The highest BCUT2D eigenvalue weighted by atomic mass is 16.2. The zero-order chi connectivity index (χ0) is 12.8. The number of carbonyl (C=O) groups excluding carboxylic acids is 2. The fourth-order valence-corrected chi connectivity index (χ4v) is 1.58. The number of ketones is 1. The molecule has 2 aromatic carbocycles. The number of benzene rings is 2. The second kappa shape index (κ2) is 5.77. The maximum atomic E-state index is 11.8. The molecule has 0 aliphatic rings. The molecule has 0 unspecified atom stereocenters. The Hall–Kier alpha value is -2.42. The van der Waals surface area contributed by atoms with Gasteiger partial charge in [-0.25, -0.2) is 0 Å². The molecule has 2 rings (SSSR count). The molecule has 0 saturated heterocycles. The molecule has 0 saturated carbocycles. The van der Waals surface area contributed by atoms with Crippen molar-refractivity contribution in [1.29, 1.82) is 0 Å². The fraction of sp³-hybridized carbons (Fsp3) is 0.0667. The van der Waals surface area contributed by atoms with Crippen LogP contribution in [0.2, 0.25) is 0 Å². The first-order valence-electron chi connectivity index (χ1n) is 5.69. The molecular formula is C15H13NO2. The van der Waals surface area contributed by atoms with Gasteiger partial charge in [0.25, 0.3) is 5.91 Å². The van der Waals surface area contributed by atoms with E-state index in [0.717, 1.165) is 5.56 Å².